The van der Waals surface area contributed by atoms with Crippen molar-refractivity contribution in [2.24, 2.45) is 5.73 Å². The largest absolute Gasteiger partial charge is 0.493 e. The summed E-state index contributed by atoms with van der Waals surface area (Å²) in [7, 11) is 3.74. The highest BCUT2D eigenvalue weighted by Crippen LogP contribution is 2.56. The lowest BCUT2D eigenvalue weighted by Gasteiger charge is -2.37. The maximum absolute atomic E-state index is 6.26. The van der Waals surface area contributed by atoms with Crippen LogP contribution in [0.25, 0.3) is 0 Å². The number of ether oxygens (including phenoxy) is 2. The first-order chi connectivity index (χ1) is 9.96. The van der Waals surface area contributed by atoms with E-state index in [1.165, 1.54) is 0 Å². The summed E-state index contributed by atoms with van der Waals surface area (Å²) in [6, 6.07) is 3.89. The number of likely N-dealkylation sites (tertiary alicyclic amines) is 1. The standard InChI is InChI=1S/C16H23ClN2O2/c1-10(18)16(4-5-16)13-6-11(17)7-14(20-3)15(13)21-12-8-19(2)9-12/h6-7,10,12H,4-5,8-9,18H2,1-3H3. The lowest BCUT2D eigenvalue weighted by atomic mass is 9.88. The van der Waals surface area contributed by atoms with Gasteiger partial charge in [0.1, 0.15) is 6.10 Å². The van der Waals surface area contributed by atoms with Gasteiger partial charge in [-0.05, 0) is 32.9 Å². The van der Waals surface area contributed by atoms with Crippen LogP contribution in [-0.4, -0.2) is 44.3 Å². The van der Waals surface area contributed by atoms with Gasteiger partial charge >= 0.3 is 0 Å². The van der Waals surface area contributed by atoms with Gasteiger partial charge in [-0.1, -0.05) is 11.6 Å². The molecule has 0 amide bonds. The van der Waals surface area contributed by atoms with Crippen LogP contribution in [0.2, 0.25) is 5.02 Å². The Balaban J connectivity index is 1.99. The van der Waals surface area contributed by atoms with Crippen LogP contribution in [-0.2, 0) is 5.41 Å². The summed E-state index contributed by atoms with van der Waals surface area (Å²) in [6.45, 7) is 3.94. The molecule has 1 aromatic carbocycles. The quantitative estimate of drug-likeness (QED) is 0.907. The molecule has 4 nitrogen and oxygen atoms in total. The number of halogens is 1. The van der Waals surface area contributed by atoms with Gasteiger partial charge in [-0.3, -0.25) is 4.90 Å². The monoisotopic (exact) mass is 310 g/mol. The average molecular weight is 311 g/mol. The first-order valence-electron chi connectivity index (χ1n) is 7.45. The molecule has 2 N–H and O–H groups in total. The summed E-state index contributed by atoms with van der Waals surface area (Å²) in [5.74, 6) is 1.54. The van der Waals surface area contributed by atoms with Crippen LogP contribution < -0.4 is 15.2 Å². The third kappa shape index (κ3) is 2.60. The molecule has 2 aliphatic rings. The second kappa shape index (κ2) is 5.34. The van der Waals surface area contributed by atoms with Crippen LogP contribution in [0.15, 0.2) is 12.1 Å². The number of methoxy groups -OCH3 is 1. The predicted molar refractivity (Wildman–Crippen MR) is 84.5 cm³/mol. The van der Waals surface area contributed by atoms with Gasteiger partial charge in [0.25, 0.3) is 0 Å². The fourth-order valence-corrected chi connectivity index (χ4v) is 3.41. The molecule has 0 aromatic heterocycles. The molecule has 1 aliphatic carbocycles. The maximum atomic E-state index is 6.26. The molecule has 116 valence electrons. The number of nitrogens with two attached hydrogens (primary N) is 1. The van der Waals surface area contributed by atoms with Crippen molar-refractivity contribution in [1.82, 2.24) is 4.90 Å². The average Bonchev–Trinajstić information content (AvgIpc) is 3.19. The second-order valence-electron chi connectivity index (χ2n) is 6.39. The Hall–Kier alpha value is -0.970. The van der Waals surface area contributed by atoms with Crippen molar-refractivity contribution in [3.8, 4) is 11.5 Å². The predicted octanol–water partition coefficient (Wildman–Crippen LogP) is 2.42. The molecule has 1 aliphatic heterocycles. The van der Waals surface area contributed by atoms with Crippen LogP contribution in [0.4, 0.5) is 0 Å². The highest BCUT2D eigenvalue weighted by atomic mass is 35.5. The van der Waals surface area contributed by atoms with Crippen molar-refractivity contribution in [3.63, 3.8) is 0 Å². The minimum atomic E-state index is -0.0108. The van der Waals surface area contributed by atoms with E-state index in [1.807, 2.05) is 12.1 Å². The zero-order chi connectivity index (χ0) is 15.2. The second-order valence-corrected chi connectivity index (χ2v) is 6.83. The molecule has 1 atom stereocenters. The zero-order valence-corrected chi connectivity index (χ0v) is 13.6. The van der Waals surface area contributed by atoms with Crippen molar-refractivity contribution in [1.29, 1.82) is 0 Å². The van der Waals surface area contributed by atoms with Gasteiger partial charge in [0, 0.05) is 41.2 Å². The van der Waals surface area contributed by atoms with Crippen molar-refractivity contribution >= 4 is 11.6 Å². The maximum Gasteiger partial charge on any atom is 0.165 e. The smallest absolute Gasteiger partial charge is 0.165 e. The summed E-state index contributed by atoms with van der Waals surface area (Å²) < 4.78 is 11.7. The van der Waals surface area contributed by atoms with Crippen LogP contribution in [0.1, 0.15) is 25.3 Å². The van der Waals surface area contributed by atoms with Crippen molar-refractivity contribution in [3.05, 3.63) is 22.7 Å². The van der Waals surface area contributed by atoms with Crippen molar-refractivity contribution in [2.45, 2.75) is 37.3 Å². The molecule has 0 radical (unpaired) electrons. The zero-order valence-electron chi connectivity index (χ0n) is 12.9. The van der Waals surface area contributed by atoms with E-state index in [0.717, 1.165) is 37.2 Å². The molecule has 1 unspecified atom stereocenters. The number of hydrogen-bond acceptors (Lipinski definition) is 4. The van der Waals surface area contributed by atoms with Gasteiger partial charge in [-0.25, -0.2) is 0 Å². The third-order valence-corrected chi connectivity index (χ3v) is 4.97. The number of benzene rings is 1. The normalized spacial score (nSPS) is 22.5. The molecule has 0 bridgehead atoms. The number of nitrogens with zero attached hydrogens (tertiary/aromatic N) is 1. The Labute approximate surface area is 131 Å². The molecular formula is C16H23ClN2O2. The van der Waals surface area contributed by atoms with Gasteiger partial charge in [0.15, 0.2) is 11.5 Å². The van der Waals surface area contributed by atoms with Gasteiger partial charge < -0.3 is 15.2 Å². The first-order valence-corrected chi connectivity index (χ1v) is 7.83. The fourth-order valence-electron chi connectivity index (χ4n) is 3.20. The van der Waals surface area contributed by atoms with E-state index in [2.05, 4.69) is 18.9 Å². The van der Waals surface area contributed by atoms with Crippen LogP contribution in [0.5, 0.6) is 11.5 Å². The van der Waals surface area contributed by atoms with E-state index in [1.54, 1.807) is 7.11 Å². The van der Waals surface area contributed by atoms with E-state index in [4.69, 9.17) is 26.8 Å². The third-order valence-electron chi connectivity index (χ3n) is 4.75. The lowest BCUT2D eigenvalue weighted by molar-refractivity contribution is 0.0357. The van der Waals surface area contributed by atoms with Crippen molar-refractivity contribution in [2.75, 3.05) is 27.2 Å². The van der Waals surface area contributed by atoms with E-state index in [0.29, 0.717) is 10.8 Å². The molecule has 1 heterocycles. The summed E-state index contributed by atoms with van der Waals surface area (Å²) in [6.07, 6.45) is 2.37. The molecule has 1 aromatic rings. The molecule has 1 saturated carbocycles. The Morgan fingerprint density at radius 2 is 2.05 bits per heavy atom. The number of hydrogen-bond donors (Lipinski definition) is 1. The minimum Gasteiger partial charge on any atom is -0.493 e. The molecular weight excluding hydrogens is 288 g/mol. The number of likely N-dealkylation sites (N-methyl/N-ethyl adjacent to an activating group) is 1. The fraction of sp³-hybridized carbons (Fsp3) is 0.625. The molecule has 0 spiro atoms. The lowest BCUT2D eigenvalue weighted by Crippen LogP contribution is -2.51. The van der Waals surface area contributed by atoms with E-state index >= 15 is 0 Å². The molecule has 5 heteroatoms. The van der Waals surface area contributed by atoms with E-state index < -0.39 is 0 Å². The molecule has 1 saturated heterocycles. The Morgan fingerprint density at radius 1 is 1.38 bits per heavy atom. The Morgan fingerprint density at radius 3 is 2.52 bits per heavy atom. The summed E-state index contributed by atoms with van der Waals surface area (Å²) in [5.41, 5.74) is 7.32. The minimum absolute atomic E-state index is 0.0108. The Kier molecular flexibility index (Phi) is 3.80. The topological polar surface area (TPSA) is 47.7 Å². The molecule has 3 rings (SSSR count). The summed E-state index contributed by atoms with van der Waals surface area (Å²) in [4.78, 5) is 2.23. The summed E-state index contributed by atoms with van der Waals surface area (Å²) in [5, 5.41) is 0.673. The van der Waals surface area contributed by atoms with E-state index in [-0.39, 0.29) is 17.6 Å². The highest BCUT2D eigenvalue weighted by molar-refractivity contribution is 6.30. The van der Waals surface area contributed by atoms with E-state index in [9.17, 15) is 0 Å². The van der Waals surface area contributed by atoms with Crippen LogP contribution >= 0.6 is 11.6 Å². The van der Waals surface area contributed by atoms with Crippen LogP contribution in [0.3, 0.4) is 0 Å². The molecule has 2 fully saturated rings. The van der Waals surface area contributed by atoms with Crippen LogP contribution in [0, 0.1) is 0 Å². The SMILES string of the molecule is COc1cc(Cl)cc(C2(C(C)N)CC2)c1OC1CN(C)C1. The van der Waals surface area contributed by atoms with Crippen molar-refractivity contribution < 1.29 is 9.47 Å². The van der Waals surface area contributed by atoms with Gasteiger partial charge in [0.2, 0.25) is 0 Å². The van der Waals surface area contributed by atoms with Gasteiger partial charge in [-0.15, -0.1) is 0 Å². The van der Waals surface area contributed by atoms with Gasteiger partial charge in [-0.2, -0.15) is 0 Å². The summed E-state index contributed by atoms with van der Waals surface area (Å²) >= 11 is 6.26. The van der Waals surface area contributed by atoms with Gasteiger partial charge in [0.05, 0.1) is 7.11 Å². The number of rotatable bonds is 5. The highest BCUT2D eigenvalue weighted by Gasteiger charge is 2.50. The first kappa shape index (κ1) is 14.9. The Bertz CT molecular complexity index is 537. The molecule has 21 heavy (non-hydrogen) atoms.